The van der Waals surface area contributed by atoms with Crippen molar-refractivity contribution < 1.29 is 8.42 Å². The average Bonchev–Trinajstić information content (AvgIpc) is 2.77. The minimum Gasteiger partial charge on any atom is -0.271 e. The quantitative estimate of drug-likeness (QED) is 0.608. The fraction of sp³-hybridized carbons (Fsp3) is 0.556. The van der Waals surface area contributed by atoms with E-state index in [0.717, 1.165) is 4.88 Å². The molecule has 15 heavy (non-hydrogen) atoms. The second-order valence-corrected chi connectivity index (χ2v) is 7.03. The van der Waals surface area contributed by atoms with Crippen LogP contribution in [0.15, 0.2) is 17.5 Å². The van der Waals surface area contributed by atoms with E-state index in [-0.39, 0.29) is 17.7 Å². The van der Waals surface area contributed by atoms with Crippen molar-refractivity contribution in [2.45, 2.75) is 12.5 Å². The Morgan fingerprint density at radius 1 is 1.60 bits per heavy atom. The summed E-state index contributed by atoms with van der Waals surface area (Å²) >= 11 is 1.61. The first-order valence-corrected chi connectivity index (χ1v) is 7.52. The zero-order chi connectivity index (χ0) is 10.9. The zero-order valence-corrected chi connectivity index (χ0v) is 9.85. The van der Waals surface area contributed by atoms with Gasteiger partial charge in [-0.05, 0) is 23.8 Å². The molecule has 2 unspecified atom stereocenters. The van der Waals surface area contributed by atoms with E-state index in [4.69, 9.17) is 5.84 Å². The maximum Gasteiger partial charge on any atom is 0.150 e. The minimum absolute atomic E-state index is 0.0257. The number of nitrogens with one attached hydrogen (secondary N) is 1. The molecule has 0 bridgehead atoms. The molecule has 3 N–H and O–H groups in total. The average molecular weight is 246 g/mol. The Kier molecular flexibility index (Phi) is 3.11. The van der Waals surface area contributed by atoms with E-state index >= 15 is 0 Å². The van der Waals surface area contributed by atoms with Gasteiger partial charge in [-0.25, -0.2) is 8.42 Å². The van der Waals surface area contributed by atoms with Gasteiger partial charge in [-0.2, -0.15) is 0 Å². The van der Waals surface area contributed by atoms with Crippen molar-refractivity contribution in [2.75, 3.05) is 11.5 Å². The summed E-state index contributed by atoms with van der Waals surface area (Å²) in [6.07, 6.45) is 0.703. The normalized spacial score (nSPS) is 26.6. The third kappa shape index (κ3) is 2.39. The van der Waals surface area contributed by atoms with Crippen molar-refractivity contribution in [3.63, 3.8) is 0 Å². The Hall–Kier alpha value is -0.430. The highest BCUT2D eigenvalue weighted by Crippen LogP contribution is 2.32. The van der Waals surface area contributed by atoms with Gasteiger partial charge in [0, 0.05) is 4.88 Å². The Balaban J connectivity index is 2.16. The summed E-state index contributed by atoms with van der Waals surface area (Å²) in [5.41, 5.74) is 2.73. The van der Waals surface area contributed by atoms with Crippen LogP contribution >= 0.6 is 11.3 Å². The molecule has 1 aliphatic heterocycles. The molecule has 2 heterocycles. The number of hydrogen-bond acceptors (Lipinski definition) is 5. The van der Waals surface area contributed by atoms with Crippen molar-refractivity contribution in [1.29, 1.82) is 0 Å². The standard InChI is InChI=1S/C9H14N2O2S2/c10-11-9(8-2-1-4-14-8)7-3-5-15(12,13)6-7/h1-2,4,7,9,11H,3,5-6,10H2. The van der Waals surface area contributed by atoms with Crippen molar-refractivity contribution >= 4 is 21.2 Å². The van der Waals surface area contributed by atoms with E-state index in [1.54, 1.807) is 11.3 Å². The van der Waals surface area contributed by atoms with E-state index in [9.17, 15) is 8.42 Å². The van der Waals surface area contributed by atoms with Crippen LogP contribution in [-0.2, 0) is 9.84 Å². The van der Waals surface area contributed by atoms with Crippen molar-refractivity contribution in [1.82, 2.24) is 5.43 Å². The smallest absolute Gasteiger partial charge is 0.150 e. The SMILES string of the molecule is NNC(c1cccs1)C1CCS(=O)(=O)C1. The van der Waals surface area contributed by atoms with Gasteiger partial charge in [0.2, 0.25) is 0 Å². The first kappa shape index (κ1) is 11.1. The molecule has 0 amide bonds. The maximum absolute atomic E-state index is 11.4. The summed E-state index contributed by atoms with van der Waals surface area (Å²) in [6, 6.07) is 3.91. The molecule has 1 aromatic rings. The fourth-order valence-corrected chi connectivity index (χ4v) is 4.72. The van der Waals surface area contributed by atoms with Crippen LogP contribution in [-0.4, -0.2) is 19.9 Å². The molecule has 2 rings (SSSR count). The number of hydrazine groups is 1. The second-order valence-electron chi connectivity index (χ2n) is 3.82. The molecular weight excluding hydrogens is 232 g/mol. The highest BCUT2D eigenvalue weighted by molar-refractivity contribution is 7.91. The van der Waals surface area contributed by atoms with Gasteiger partial charge in [0.25, 0.3) is 0 Å². The Morgan fingerprint density at radius 2 is 2.40 bits per heavy atom. The third-order valence-electron chi connectivity index (χ3n) is 2.77. The van der Waals surface area contributed by atoms with Crippen LogP contribution in [0.3, 0.4) is 0 Å². The second kappa shape index (κ2) is 4.21. The third-order valence-corrected chi connectivity index (χ3v) is 5.52. The van der Waals surface area contributed by atoms with Crippen LogP contribution in [0.5, 0.6) is 0 Å². The van der Waals surface area contributed by atoms with Gasteiger partial charge in [-0.15, -0.1) is 11.3 Å². The fourth-order valence-electron chi connectivity index (χ4n) is 2.01. The molecule has 0 radical (unpaired) electrons. The molecule has 1 aliphatic rings. The highest BCUT2D eigenvalue weighted by Gasteiger charge is 2.34. The van der Waals surface area contributed by atoms with Crippen LogP contribution in [0.25, 0.3) is 0 Å². The lowest BCUT2D eigenvalue weighted by Gasteiger charge is -2.19. The van der Waals surface area contributed by atoms with Crippen LogP contribution < -0.4 is 11.3 Å². The molecule has 0 saturated carbocycles. The van der Waals surface area contributed by atoms with Gasteiger partial charge in [0.1, 0.15) is 0 Å². The number of hydrogen-bond donors (Lipinski definition) is 2. The Labute approximate surface area is 93.4 Å². The largest absolute Gasteiger partial charge is 0.271 e. The molecule has 1 saturated heterocycles. The summed E-state index contributed by atoms with van der Waals surface area (Å²) in [6.45, 7) is 0. The van der Waals surface area contributed by atoms with Gasteiger partial charge >= 0.3 is 0 Å². The van der Waals surface area contributed by atoms with E-state index in [0.29, 0.717) is 12.2 Å². The lowest BCUT2D eigenvalue weighted by Crippen LogP contribution is -2.33. The minimum atomic E-state index is -2.83. The molecule has 0 aliphatic carbocycles. The molecule has 2 atom stereocenters. The van der Waals surface area contributed by atoms with Gasteiger partial charge in [0.05, 0.1) is 17.5 Å². The molecule has 4 nitrogen and oxygen atoms in total. The lowest BCUT2D eigenvalue weighted by molar-refractivity contribution is 0.405. The summed E-state index contributed by atoms with van der Waals surface area (Å²) in [5, 5.41) is 1.98. The molecule has 84 valence electrons. The van der Waals surface area contributed by atoms with Gasteiger partial charge in [-0.1, -0.05) is 6.07 Å². The van der Waals surface area contributed by atoms with E-state index in [1.165, 1.54) is 0 Å². The van der Waals surface area contributed by atoms with E-state index in [2.05, 4.69) is 5.43 Å². The number of thiophene rings is 1. The van der Waals surface area contributed by atoms with Crippen molar-refractivity contribution in [2.24, 2.45) is 11.8 Å². The topological polar surface area (TPSA) is 72.2 Å². The van der Waals surface area contributed by atoms with Crippen molar-refractivity contribution in [3.05, 3.63) is 22.4 Å². The number of rotatable bonds is 3. The van der Waals surface area contributed by atoms with Gasteiger partial charge < -0.3 is 0 Å². The zero-order valence-electron chi connectivity index (χ0n) is 8.22. The van der Waals surface area contributed by atoms with Crippen LogP contribution in [0.4, 0.5) is 0 Å². The summed E-state index contributed by atoms with van der Waals surface area (Å²) < 4.78 is 22.7. The molecule has 1 aromatic heterocycles. The lowest BCUT2D eigenvalue weighted by atomic mass is 9.98. The van der Waals surface area contributed by atoms with Crippen LogP contribution in [0.1, 0.15) is 17.3 Å². The highest BCUT2D eigenvalue weighted by atomic mass is 32.2. The summed E-state index contributed by atoms with van der Waals surface area (Å²) in [4.78, 5) is 1.11. The molecule has 1 fully saturated rings. The predicted molar refractivity (Wildman–Crippen MR) is 61.1 cm³/mol. The van der Waals surface area contributed by atoms with Crippen molar-refractivity contribution in [3.8, 4) is 0 Å². The Morgan fingerprint density at radius 3 is 2.87 bits per heavy atom. The van der Waals surface area contributed by atoms with Gasteiger partial charge in [-0.3, -0.25) is 11.3 Å². The first-order chi connectivity index (χ1) is 7.12. The monoisotopic (exact) mass is 246 g/mol. The maximum atomic E-state index is 11.4. The summed E-state index contributed by atoms with van der Waals surface area (Å²) in [7, 11) is -2.83. The first-order valence-electron chi connectivity index (χ1n) is 4.82. The predicted octanol–water partition coefficient (Wildman–Crippen LogP) is 0.687. The molecule has 6 heteroatoms. The summed E-state index contributed by atoms with van der Waals surface area (Å²) in [5.74, 6) is 6.15. The Bertz CT molecular complexity index is 413. The number of sulfone groups is 1. The number of nitrogens with two attached hydrogens (primary N) is 1. The van der Waals surface area contributed by atoms with E-state index in [1.807, 2.05) is 17.5 Å². The molecular formula is C9H14N2O2S2. The van der Waals surface area contributed by atoms with Gasteiger partial charge in [0.15, 0.2) is 9.84 Å². The molecule has 0 spiro atoms. The van der Waals surface area contributed by atoms with Crippen LogP contribution in [0, 0.1) is 5.92 Å². The van der Waals surface area contributed by atoms with Crippen LogP contribution in [0.2, 0.25) is 0 Å². The molecule has 0 aromatic carbocycles. The van der Waals surface area contributed by atoms with E-state index < -0.39 is 9.84 Å².